The van der Waals surface area contributed by atoms with Gasteiger partial charge in [-0.05, 0) is 117 Å². The molecule has 0 aliphatic heterocycles. The summed E-state index contributed by atoms with van der Waals surface area (Å²) in [7, 11) is 0. The molecule has 2 heterocycles. The van der Waals surface area contributed by atoms with Crippen LogP contribution in [-0.4, -0.2) is 4.57 Å². The van der Waals surface area contributed by atoms with Gasteiger partial charge in [0.25, 0.3) is 0 Å². The number of aromatic nitrogens is 1. The quantitative estimate of drug-likeness (QED) is 0.152. The molecule has 0 saturated heterocycles. The smallest absolute Gasteiger partial charge is 0.143 e. The summed E-state index contributed by atoms with van der Waals surface area (Å²) in [4.78, 5) is 2.39. The molecule has 0 atom stereocenters. The first-order valence-electron chi connectivity index (χ1n) is 22.9. The van der Waals surface area contributed by atoms with Crippen LogP contribution in [0.5, 0.6) is 0 Å². The molecular formula is C64H42N2O. The van der Waals surface area contributed by atoms with E-state index in [0.717, 1.165) is 72.3 Å². The van der Waals surface area contributed by atoms with Crippen molar-refractivity contribution in [2.45, 2.75) is 0 Å². The topological polar surface area (TPSA) is 21.3 Å². The van der Waals surface area contributed by atoms with Crippen molar-refractivity contribution in [3.63, 3.8) is 0 Å². The number of rotatable bonds is 8. The van der Waals surface area contributed by atoms with Crippen molar-refractivity contribution in [2.24, 2.45) is 0 Å². The van der Waals surface area contributed by atoms with E-state index in [2.05, 4.69) is 264 Å². The SMILES string of the molecule is c1ccc(-c2ccc(-c3ccc(N(c4ccc(-c5cccc(-n6c7ccccc7c7ccccc76)c5)cc4)c4ccccc4-c4ccc5oc6c7ccccc7ccc6c5c4)cc3)cc2)cc1. The fraction of sp³-hybridized carbons (Fsp3) is 0. The summed E-state index contributed by atoms with van der Waals surface area (Å²) >= 11 is 0. The minimum atomic E-state index is 0.884. The Hall–Kier alpha value is -8.92. The van der Waals surface area contributed by atoms with Gasteiger partial charge >= 0.3 is 0 Å². The molecule has 2 aromatic heterocycles. The zero-order valence-corrected chi connectivity index (χ0v) is 36.6. The van der Waals surface area contributed by atoms with Crippen LogP contribution in [0, 0.1) is 0 Å². The second-order valence-electron chi connectivity index (χ2n) is 17.3. The maximum absolute atomic E-state index is 6.55. The Labute approximate surface area is 388 Å². The van der Waals surface area contributed by atoms with Crippen molar-refractivity contribution >= 4 is 71.6 Å². The number of para-hydroxylation sites is 3. The summed E-state index contributed by atoms with van der Waals surface area (Å²) in [5.41, 5.74) is 17.9. The predicted molar refractivity (Wildman–Crippen MR) is 282 cm³/mol. The normalized spacial score (nSPS) is 11.6. The molecule has 67 heavy (non-hydrogen) atoms. The van der Waals surface area contributed by atoms with Crippen molar-refractivity contribution in [3.8, 4) is 50.2 Å². The van der Waals surface area contributed by atoms with Crippen molar-refractivity contribution in [2.75, 3.05) is 4.90 Å². The number of nitrogens with zero attached hydrogens (tertiary/aromatic N) is 2. The molecule has 0 aliphatic carbocycles. The van der Waals surface area contributed by atoms with E-state index < -0.39 is 0 Å². The lowest BCUT2D eigenvalue weighted by atomic mass is 9.98. The molecular weight excluding hydrogens is 813 g/mol. The van der Waals surface area contributed by atoms with E-state index in [0.29, 0.717) is 0 Å². The van der Waals surface area contributed by atoms with Gasteiger partial charge in [0.05, 0.1) is 16.7 Å². The van der Waals surface area contributed by atoms with Gasteiger partial charge in [-0.3, -0.25) is 0 Å². The highest BCUT2D eigenvalue weighted by molar-refractivity contribution is 6.16. The standard InChI is InChI=1S/C64H42N2O/c1-2-13-43(14-3-1)44-25-27-45(28-26-44)46-29-35-51(36-30-46)65(60-22-9-6-18-54(60)50-34-40-63-59(42-50)58-39-33-48-15-4-5-19-55(48)64(58)67-63)52-37-31-47(32-38-52)49-16-12-17-53(41-49)66-61-23-10-7-20-56(61)57-21-8-11-24-62(57)66/h1-42H. The van der Waals surface area contributed by atoms with Gasteiger partial charge in [0.15, 0.2) is 0 Å². The van der Waals surface area contributed by atoms with Crippen LogP contribution in [0.2, 0.25) is 0 Å². The van der Waals surface area contributed by atoms with E-state index in [1.807, 2.05) is 0 Å². The first kappa shape index (κ1) is 38.5. The minimum absolute atomic E-state index is 0.884. The Morgan fingerprint density at radius 3 is 1.52 bits per heavy atom. The van der Waals surface area contributed by atoms with Crippen molar-refractivity contribution in [3.05, 3.63) is 255 Å². The Balaban J connectivity index is 0.909. The fourth-order valence-corrected chi connectivity index (χ4v) is 10.1. The molecule has 0 spiro atoms. The van der Waals surface area contributed by atoms with E-state index >= 15 is 0 Å². The van der Waals surface area contributed by atoms with Crippen LogP contribution in [0.25, 0.3) is 105 Å². The number of furan rings is 1. The fourth-order valence-electron chi connectivity index (χ4n) is 10.1. The first-order chi connectivity index (χ1) is 33.2. The number of hydrogen-bond donors (Lipinski definition) is 0. The number of hydrogen-bond acceptors (Lipinski definition) is 2. The predicted octanol–water partition coefficient (Wildman–Crippen LogP) is 18.0. The number of benzene rings is 11. The zero-order chi connectivity index (χ0) is 44.3. The summed E-state index contributed by atoms with van der Waals surface area (Å²) in [6, 6.07) is 91.9. The Morgan fingerprint density at radius 1 is 0.313 bits per heavy atom. The summed E-state index contributed by atoms with van der Waals surface area (Å²) in [6.45, 7) is 0. The van der Waals surface area contributed by atoms with Gasteiger partial charge < -0.3 is 13.9 Å². The van der Waals surface area contributed by atoms with Crippen LogP contribution in [0.1, 0.15) is 0 Å². The van der Waals surface area contributed by atoms with Gasteiger partial charge in [-0.2, -0.15) is 0 Å². The molecule has 0 N–H and O–H groups in total. The maximum atomic E-state index is 6.55. The molecule has 13 rings (SSSR count). The second-order valence-corrected chi connectivity index (χ2v) is 17.3. The van der Waals surface area contributed by atoms with Gasteiger partial charge in [-0.1, -0.05) is 182 Å². The molecule has 0 amide bonds. The molecule has 314 valence electrons. The van der Waals surface area contributed by atoms with E-state index in [9.17, 15) is 0 Å². The zero-order valence-electron chi connectivity index (χ0n) is 36.6. The monoisotopic (exact) mass is 854 g/mol. The first-order valence-corrected chi connectivity index (χ1v) is 22.9. The third-order valence-corrected chi connectivity index (χ3v) is 13.4. The van der Waals surface area contributed by atoms with E-state index in [4.69, 9.17) is 4.42 Å². The summed E-state index contributed by atoms with van der Waals surface area (Å²) in [5.74, 6) is 0. The van der Waals surface area contributed by atoms with Gasteiger partial charge in [0.2, 0.25) is 0 Å². The minimum Gasteiger partial charge on any atom is -0.455 e. The van der Waals surface area contributed by atoms with Crippen molar-refractivity contribution in [1.82, 2.24) is 4.57 Å². The molecule has 11 aromatic carbocycles. The highest BCUT2D eigenvalue weighted by atomic mass is 16.3. The third-order valence-electron chi connectivity index (χ3n) is 13.4. The summed E-state index contributed by atoms with van der Waals surface area (Å²) in [5, 5.41) is 7.04. The van der Waals surface area contributed by atoms with Crippen LogP contribution in [-0.2, 0) is 0 Å². The second kappa shape index (κ2) is 16.0. The average molecular weight is 855 g/mol. The molecule has 3 heteroatoms. The van der Waals surface area contributed by atoms with Crippen LogP contribution in [0.4, 0.5) is 17.1 Å². The Bertz CT molecular complexity index is 3900. The maximum Gasteiger partial charge on any atom is 0.143 e. The molecule has 3 nitrogen and oxygen atoms in total. The molecule has 0 unspecified atom stereocenters. The van der Waals surface area contributed by atoms with E-state index in [1.165, 1.54) is 49.4 Å². The van der Waals surface area contributed by atoms with Crippen molar-refractivity contribution in [1.29, 1.82) is 0 Å². The van der Waals surface area contributed by atoms with Crippen LogP contribution >= 0.6 is 0 Å². The van der Waals surface area contributed by atoms with Gasteiger partial charge in [0, 0.05) is 49.6 Å². The van der Waals surface area contributed by atoms with Gasteiger partial charge in [-0.25, -0.2) is 0 Å². The highest BCUT2D eigenvalue weighted by Crippen LogP contribution is 2.44. The lowest BCUT2D eigenvalue weighted by molar-refractivity contribution is 0.672. The molecule has 0 aliphatic rings. The number of anilines is 3. The Morgan fingerprint density at radius 2 is 0.836 bits per heavy atom. The molecule has 13 aromatic rings. The molecule has 0 bridgehead atoms. The molecule has 0 fully saturated rings. The lowest BCUT2D eigenvalue weighted by Gasteiger charge is -2.28. The van der Waals surface area contributed by atoms with Crippen LogP contribution in [0.3, 0.4) is 0 Å². The molecule has 0 saturated carbocycles. The largest absolute Gasteiger partial charge is 0.455 e. The number of fused-ring (bicyclic) bond motifs is 8. The van der Waals surface area contributed by atoms with Gasteiger partial charge in [-0.15, -0.1) is 0 Å². The molecule has 0 radical (unpaired) electrons. The Kier molecular flexibility index (Phi) is 9.17. The van der Waals surface area contributed by atoms with Crippen LogP contribution in [0.15, 0.2) is 259 Å². The van der Waals surface area contributed by atoms with E-state index in [-0.39, 0.29) is 0 Å². The lowest BCUT2D eigenvalue weighted by Crippen LogP contribution is -2.11. The van der Waals surface area contributed by atoms with Crippen LogP contribution < -0.4 is 4.90 Å². The van der Waals surface area contributed by atoms with Crippen molar-refractivity contribution < 1.29 is 4.42 Å². The van der Waals surface area contributed by atoms with E-state index in [1.54, 1.807) is 0 Å². The third kappa shape index (κ3) is 6.67. The summed E-state index contributed by atoms with van der Waals surface area (Å²) in [6.07, 6.45) is 0. The highest BCUT2D eigenvalue weighted by Gasteiger charge is 2.20. The summed E-state index contributed by atoms with van der Waals surface area (Å²) < 4.78 is 8.93. The van der Waals surface area contributed by atoms with Gasteiger partial charge in [0.1, 0.15) is 11.2 Å². The average Bonchev–Trinajstić information content (AvgIpc) is 3.96.